The third kappa shape index (κ3) is 3.72. The molecule has 0 N–H and O–H groups in total. The maximum atomic E-state index is 12.1. The van der Waals surface area contributed by atoms with Gasteiger partial charge in [-0.1, -0.05) is 11.3 Å². The molecule has 2 heterocycles. The van der Waals surface area contributed by atoms with Gasteiger partial charge in [0.25, 0.3) is 0 Å². The normalized spacial score (nSPS) is 21.7. The first kappa shape index (κ1) is 15.2. The lowest BCUT2D eigenvalue weighted by Gasteiger charge is -2.27. The Balaban J connectivity index is 1.57. The number of ether oxygens (including phenoxy) is 2. The molecule has 0 aliphatic heterocycles. The van der Waals surface area contributed by atoms with Crippen molar-refractivity contribution in [1.29, 1.82) is 0 Å². The van der Waals surface area contributed by atoms with Gasteiger partial charge in [0.1, 0.15) is 6.10 Å². The summed E-state index contributed by atoms with van der Waals surface area (Å²) in [6.45, 7) is 0.618. The molecule has 22 heavy (non-hydrogen) atoms. The van der Waals surface area contributed by atoms with Crippen LogP contribution in [0.25, 0.3) is 0 Å². The zero-order valence-corrected chi connectivity index (χ0v) is 13.3. The highest BCUT2D eigenvalue weighted by Crippen LogP contribution is 2.23. The molecular weight excluding hydrogens is 302 g/mol. The van der Waals surface area contributed by atoms with Gasteiger partial charge in [-0.25, -0.2) is 9.48 Å². The summed E-state index contributed by atoms with van der Waals surface area (Å²) >= 11 is 1.65. The lowest BCUT2D eigenvalue weighted by atomic mass is 9.95. The first-order valence-corrected chi connectivity index (χ1v) is 8.29. The smallest absolute Gasteiger partial charge is 0.360 e. The first-order chi connectivity index (χ1) is 10.7. The summed E-state index contributed by atoms with van der Waals surface area (Å²) in [6, 6.07) is 4.01. The second-order valence-corrected chi connectivity index (χ2v) is 6.46. The fourth-order valence-electron chi connectivity index (χ4n) is 2.67. The van der Waals surface area contributed by atoms with E-state index < -0.39 is 5.97 Å². The third-order valence-corrected chi connectivity index (χ3v) is 4.69. The van der Waals surface area contributed by atoms with Crippen molar-refractivity contribution in [3.63, 3.8) is 0 Å². The van der Waals surface area contributed by atoms with Crippen molar-refractivity contribution in [2.24, 2.45) is 0 Å². The molecule has 0 bridgehead atoms. The quantitative estimate of drug-likeness (QED) is 0.792. The number of methoxy groups -OCH3 is 1. The highest BCUT2D eigenvalue weighted by molar-refractivity contribution is 7.09. The van der Waals surface area contributed by atoms with Crippen LogP contribution in [0.5, 0.6) is 0 Å². The molecule has 1 saturated carbocycles. The number of esters is 1. The van der Waals surface area contributed by atoms with Gasteiger partial charge in [-0.05, 0) is 30.7 Å². The van der Waals surface area contributed by atoms with Crippen LogP contribution in [0.15, 0.2) is 23.7 Å². The summed E-state index contributed by atoms with van der Waals surface area (Å²) in [5.41, 5.74) is 0.260. The Hall–Kier alpha value is -1.73. The summed E-state index contributed by atoms with van der Waals surface area (Å²) in [6.07, 6.45) is 5.41. The fourth-order valence-corrected chi connectivity index (χ4v) is 3.36. The van der Waals surface area contributed by atoms with Crippen LogP contribution < -0.4 is 0 Å². The second kappa shape index (κ2) is 7.02. The van der Waals surface area contributed by atoms with Crippen LogP contribution in [-0.4, -0.2) is 40.3 Å². The number of hydrogen-bond donors (Lipinski definition) is 0. The molecule has 0 radical (unpaired) electrons. The van der Waals surface area contributed by atoms with Crippen LogP contribution in [0.4, 0.5) is 0 Å². The van der Waals surface area contributed by atoms with E-state index in [1.165, 1.54) is 4.88 Å². The van der Waals surface area contributed by atoms with E-state index in [0.29, 0.717) is 6.54 Å². The Morgan fingerprint density at radius 2 is 2.32 bits per heavy atom. The molecule has 0 saturated heterocycles. The molecule has 1 aliphatic rings. The Kier molecular flexibility index (Phi) is 4.84. The van der Waals surface area contributed by atoms with Gasteiger partial charge in [0, 0.05) is 18.4 Å². The number of nitrogens with zero attached hydrogens (tertiary/aromatic N) is 3. The Morgan fingerprint density at radius 1 is 1.45 bits per heavy atom. The molecule has 7 heteroatoms. The predicted molar refractivity (Wildman–Crippen MR) is 81.9 cm³/mol. The molecule has 0 spiro atoms. The molecule has 118 valence electrons. The number of aromatic nitrogens is 3. The SMILES string of the molecule is CO[C@H]1CCC[C@@H](OC(=O)c2cn(Cc3cccs3)nn2)C1. The van der Waals surface area contributed by atoms with Crippen LogP contribution in [0.3, 0.4) is 0 Å². The van der Waals surface area contributed by atoms with Gasteiger partial charge < -0.3 is 9.47 Å². The molecule has 0 aromatic carbocycles. The number of rotatable bonds is 5. The highest BCUT2D eigenvalue weighted by atomic mass is 32.1. The van der Waals surface area contributed by atoms with E-state index in [0.717, 1.165) is 25.7 Å². The Bertz CT molecular complexity index is 611. The minimum Gasteiger partial charge on any atom is -0.457 e. The van der Waals surface area contributed by atoms with E-state index >= 15 is 0 Å². The van der Waals surface area contributed by atoms with Gasteiger partial charge in [-0.3, -0.25) is 0 Å². The summed E-state index contributed by atoms with van der Waals surface area (Å²) in [7, 11) is 1.70. The number of hydrogen-bond acceptors (Lipinski definition) is 6. The summed E-state index contributed by atoms with van der Waals surface area (Å²) in [4.78, 5) is 13.3. The summed E-state index contributed by atoms with van der Waals surface area (Å²) < 4.78 is 12.5. The van der Waals surface area contributed by atoms with Gasteiger partial charge in [-0.15, -0.1) is 16.4 Å². The third-order valence-electron chi connectivity index (χ3n) is 3.83. The molecule has 3 rings (SSSR count). The van der Waals surface area contributed by atoms with E-state index in [4.69, 9.17) is 9.47 Å². The van der Waals surface area contributed by atoms with Crippen LogP contribution in [0.2, 0.25) is 0 Å². The summed E-state index contributed by atoms with van der Waals surface area (Å²) in [5.74, 6) is -0.404. The Morgan fingerprint density at radius 3 is 3.09 bits per heavy atom. The van der Waals surface area contributed by atoms with Crippen molar-refractivity contribution in [2.75, 3.05) is 7.11 Å². The number of carbonyl (C=O) groups is 1. The maximum Gasteiger partial charge on any atom is 0.360 e. The van der Waals surface area contributed by atoms with Crippen LogP contribution in [-0.2, 0) is 16.0 Å². The number of carbonyl (C=O) groups excluding carboxylic acids is 1. The maximum absolute atomic E-state index is 12.1. The molecule has 1 fully saturated rings. The van der Waals surface area contributed by atoms with Crippen LogP contribution in [0.1, 0.15) is 41.0 Å². The monoisotopic (exact) mass is 321 g/mol. The molecule has 0 unspecified atom stereocenters. The zero-order chi connectivity index (χ0) is 15.4. The zero-order valence-electron chi connectivity index (χ0n) is 12.5. The molecule has 2 aromatic heterocycles. The van der Waals surface area contributed by atoms with Crippen molar-refractivity contribution in [2.45, 2.75) is 44.4 Å². The van der Waals surface area contributed by atoms with Gasteiger partial charge in [0.05, 0.1) is 18.8 Å². The highest BCUT2D eigenvalue weighted by Gasteiger charge is 2.26. The number of thiophene rings is 1. The minimum absolute atomic E-state index is 0.0892. The molecule has 6 nitrogen and oxygen atoms in total. The minimum atomic E-state index is -0.404. The van der Waals surface area contributed by atoms with Crippen LogP contribution >= 0.6 is 11.3 Å². The topological polar surface area (TPSA) is 66.2 Å². The predicted octanol–water partition coefficient (Wildman–Crippen LogP) is 2.50. The van der Waals surface area contributed by atoms with Gasteiger partial charge in [0.2, 0.25) is 0 Å². The van der Waals surface area contributed by atoms with Gasteiger partial charge in [-0.2, -0.15) is 0 Å². The lowest BCUT2D eigenvalue weighted by Crippen LogP contribution is -2.29. The van der Waals surface area contributed by atoms with E-state index in [2.05, 4.69) is 10.3 Å². The lowest BCUT2D eigenvalue weighted by molar-refractivity contribution is -0.0153. The Labute approximate surface area is 133 Å². The van der Waals surface area contributed by atoms with Crippen molar-refractivity contribution >= 4 is 17.3 Å². The largest absolute Gasteiger partial charge is 0.457 e. The molecule has 1 aliphatic carbocycles. The first-order valence-electron chi connectivity index (χ1n) is 7.41. The van der Waals surface area contributed by atoms with E-state index in [1.807, 2.05) is 17.5 Å². The molecule has 2 aromatic rings. The summed E-state index contributed by atoms with van der Waals surface area (Å²) in [5, 5.41) is 9.91. The van der Waals surface area contributed by atoms with Gasteiger partial charge >= 0.3 is 5.97 Å². The average Bonchev–Trinajstić information content (AvgIpc) is 3.20. The van der Waals surface area contributed by atoms with Gasteiger partial charge in [0.15, 0.2) is 5.69 Å². The van der Waals surface area contributed by atoms with E-state index in [9.17, 15) is 4.79 Å². The average molecular weight is 321 g/mol. The van der Waals surface area contributed by atoms with E-state index in [1.54, 1.807) is 29.3 Å². The molecule has 2 atom stereocenters. The van der Waals surface area contributed by atoms with Crippen molar-refractivity contribution < 1.29 is 14.3 Å². The van der Waals surface area contributed by atoms with Crippen molar-refractivity contribution in [3.05, 3.63) is 34.3 Å². The molecule has 0 amide bonds. The standard InChI is InChI=1S/C15H19N3O3S/c1-20-11-4-2-5-12(8-11)21-15(19)14-10-18(17-16-14)9-13-6-3-7-22-13/h3,6-7,10-12H,2,4-5,8-9H2,1H3/t11-,12+/m0/s1. The van der Waals surface area contributed by atoms with Crippen LogP contribution in [0, 0.1) is 0 Å². The molecular formula is C15H19N3O3S. The van der Waals surface area contributed by atoms with E-state index in [-0.39, 0.29) is 17.9 Å². The fraction of sp³-hybridized carbons (Fsp3) is 0.533. The van der Waals surface area contributed by atoms with Crippen molar-refractivity contribution in [3.8, 4) is 0 Å². The van der Waals surface area contributed by atoms with Crippen molar-refractivity contribution in [1.82, 2.24) is 15.0 Å². The second-order valence-electron chi connectivity index (χ2n) is 5.43.